The number of hydrogen-bond acceptors (Lipinski definition) is 4. The molecule has 0 saturated carbocycles. The van der Waals surface area contributed by atoms with Crippen LogP contribution in [0.4, 0.5) is 5.69 Å². The molecule has 6 nitrogen and oxygen atoms in total. The third-order valence-corrected chi connectivity index (χ3v) is 3.23. The molecule has 3 rings (SSSR count). The van der Waals surface area contributed by atoms with Crippen LogP contribution < -0.4 is 5.32 Å². The summed E-state index contributed by atoms with van der Waals surface area (Å²) in [4.78, 5) is 20.4. The van der Waals surface area contributed by atoms with Crippen molar-refractivity contribution in [3.63, 3.8) is 0 Å². The molecule has 0 unspecified atom stereocenters. The van der Waals surface area contributed by atoms with E-state index in [9.17, 15) is 4.79 Å². The lowest BCUT2D eigenvalue weighted by Crippen LogP contribution is -2.15. The van der Waals surface area contributed by atoms with Gasteiger partial charge < -0.3 is 5.32 Å². The average Bonchev–Trinajstić information content (AvgIpc) is 3.01. The fraction of sp³-hybridized carbons (Fsp3) is 0.0667. The van der Waals surface area contributed by atoms with Gasteiger partial charge in [0.1, 0.15) is 18.3 Å². The quantitative estimate of drug-likeness (QED) is 0.807. The molecule has 1 amide bonds. The Balaban J connectivity index is 1.95. The van der Waals surface area contributed by atoms with Gasteiger partial charge in [-0.3, -0.25) is 4.79 Å². The van der Waals surface area contributed by atoms with E-state index in [0.29, 0.717) is 22.1 Å². The number of hydrogen-bond donors (Lipinski definition) is 1. The second-order valence-corrected chi connectivity index (χ2v) is 5.06. The highest BCUT2D eigenvalue weighted by Crippen LogP contribution is 2.24. The van der Waals surface area contributed by atoms with Gasteiger partial charge in [0.2, 0.25) is 0 Å². The Hall–Kier alpha value is -2.73. The number of halogens is 1. The molecule has 0 aliphatic carbocycles. The van der Waals surface area contributed by atoms with Gasteiger partial charge in [-0.2, -0.15) is 5.10 Å². The van der Waals surface area contributed by atoms with Crippen molar-refractivity contribution in [3.8, 4) is 5.69 Å². The summed E-state index contributed by atoms with van der Waals surface area (Å²) in [6, 6.07) is 10.4. The third-order valence-electron chi connectivity index (χ3n) is 2.99. The molecule has 0 aliphatic rings. The standard InChI is InChI=1S/C15H12ClN5O/c1-10-3-2-4-12(19-10)15(22)20-13-7-11(16)5-6-14(13)21-9-17-8-18-21/h2-9H,1H3,(H,20,22). The molecule has 7 heteroatoms. The number of carbonyl (C=O) groups is 1. The van der Waals surface area contributed by atoms with Crippen molar-refractivity contribution in [2.45, 2.75) is 6.92 Å². The van der Waals surface area contributed by atoms with Crippen LogP contribution in [0, 0.1) is 6.92 Å². The lowest BCUT2D eigenvalue weighted by Gasteiger charge is -2.11. The normalized spacial score (nSPS) is 10.5. The number of aromatic nitrogens is 4. The lowest BCUT2D eigenvalue weighted by molar-refractivity contribution is 0.102. The Morgan fingerprint density at radius 2 is 2.14 bits per heavy atom. The molecular weight excluding hydrogens is 302 g/mol. The maximum atomic E-state index is 12.3. The van der Waals surface area contributed by atoms with E-state index in [1.54, 1.807) is 41.3 Å². The predicted molar refractivity (Wildman–Crippen MR) is 83.3 cm³/mol. The van der Waals surface area contributed by atoms with Crippen molar-refractivity contribution in [1.82, 2.24) is 19.7 Å². The van der Waals surface area contributed by atoms with Crippen molar-refractivity contribution >= 4 is 23.2 Å². The summed E-state index contributed by atoms with van der Waals surface area (Å²) < 4.78 is 1.55. The SMILES string of the molecule is Cc1cccc(C(=O)Nc2cc(Cl)ccc2-n2cncn2)n1. The Morgan fingerprint density at radius 3 is 2.86 bits per heavy atom. The van der Waals surface area contributed by atoms with Gasteiger partial charge in [-0.1, -0.05) is 17.7 Å². The van der Waals surface area contributed by atoms with Crippen LogP contribution in [0.15, 0.2) is 49.1 Å². The lowest BCUT2D eigenvalue weighted by atomic mass is 10.2. The Bertz CT molecular complexity index is 817. The van der Waals surface area contributed by atoms with E-state index >= 15 is 0 Å². The van der Waals surface area contributed by atoms with Crippen LogP contribution >= 0.6 is 11.6 Å². The first-order chi connectivity index (χ1) is 10.6. The summed E-state index contributed by atoms with van der Waals surface area (Å²) in [6.45, 7) is 1.83. The monoisotopic (exact) mass is 313 g/mol. The maximum Gasteiger partial charge on any atom is 0.274 e. The molecule has 1 N–H and O–H groups in total. The molecule has 22 heavy (non-hydrogen) atoms. The van der Waals surface area contributed by atoms with Crippen molar-refractivity contribution < 1.29 is 4.79 Å². The van der Waals surface area contributed by atoms with Crippen LogP contribution in [0.2, 0.25) is 5.02 Å². The molecule has 0 saturated heterocycles. The van der Waals surface area contributed by atoms with Crippen molar-refractivity contribution in [3.05, 3.63) is 65.5 Å². The minimum atomic E-state index is -0.313. The zero-order valence-corrected chi connectivity index (χ0v) is 12.4. The summed E-state index contributed by atoms with van der Waals surface area (Å²) in [5.41, 5.74) is 2.31. The molecule has 0 atom stereocenters. The second-order valence-electron chi connectivity index (χ2n) is 4.62. The Morgan fingerprint density at radius 1 is 1.27 bits per heavy atom. The summed E-state index contributed by atoms with van der Waals surface area (Å²) in [5.74, 6) is -0.313. The largest absolute Gasteiger partial charge is 0.319 e. The highest BCUT2D eigenvalue weighted by molar-refractivity contribution is 6.31. The number of rotatable bonds is 3. The van der Waals surface area contributed by atoms with Gasteiger partial charge >= 0.3 is 0 Å². The predicted octanol–water partition coefficient (Wildman–Crippen LogP) is 2.88. The van der Waals surface area contributed by atoms with E-state index in [4.69, 9.17) is 11.6 Å². The molecule has 1 aromatic carbocycles. The maximum absolute atomic E-state index is 12.3. The van der Waals surface area contributed by atoms with Gasteiger partial charge in [0.25, 0.3) is 5.91 Å². The van der Waals surface area contributed by atoms with Gasteiger partial charge in [0, 0.05) is 10.7 Å². The Kier molecular flexibility index (Phi) is 3.84. The molecule has 0 aliphatic heterocycles. The number of carbonyl (C=O) groups excluding carboxylic acids is 1. The van der Waals surface area contributed by atoms with Gasteiger partial charge in [0.05, 0.1) is 11.4 Å². The molecule has 110 valence electrons. The van der Waals surface area contributed by atoms with E-state index in [0.717, 1.165) is 5.69 Å². The summed E-state index contributed by atoms with van der Waals surface area (Å²) >= 11 is 6.02. The number of anilines is 1. The summed E-state index contributed by atoms with van der Waals surface area (Å²) in [5, 5.41) is 7.39. The van der Waals surface area contributed by atoms with Crippen LogP contribution in [0.25, 0.3) is 5.69 Å². The number of pyridine rings is 1. The van der Waals surface area contributed by atoms with Gasteiger partial charge in [-0.05, 0) is 37.3 Å². The van der Waals surface area contributed by atoms with Crippen molar-refractivity contribution in [2.75, 3.05) is 5.32 Å². The van der Waals surface area contributed by atoms with E-state index in [2.05, 4.69) is 20.4 Å². The second kappa shape index (κ2) is 5.95. The van der Waals surface area contributed by atoms with E-state index in [1.165, 1.54) is 6.33 Å². The zero-order valence-electron chi connectivity index (χ0n) is 11.7. The average molecular weight is 314 g/mol. The smallest absolute Gasteiger partial charge is 0.274 e. The van der Waals surface area contributed by atoms with Gasteiger partial charge in [-0.25, -0.2) is 14.6 Å². The zero-order chi connectivity index (χ0) is 15.5. The van der Waals surface area contributed by atoms with E-state index in [1.807, 2.05) is 13.0 Å². The minimum absolute atomic E-state index is 0.313. The third kappa shape index (κ3) is 2.96. The summed E-state index contributed by atoms with van der Waals surface area (Å²) in [7, 11) is 0. The fourth-order valence-electron chi connectivity index (χ4n) is 2.00. The highest BCUT2D eigenvalue weighted by atomic mass is 35.5. The topological polar surface area (TPSA) is 72.7 Å². The molecule has 2 heterocycles. The first kappa shape index (κ1) is 14.2. The highest BCUT2D eigenvalue weighted by Gasteiger charge is 2.12. The molecule has 3 aromatic rings. The number of benzene rings is 1. The number of nitrogens with one attached hydrogen (secondary N) is 1. The molecular formula is C15H12ClN5O. The molecule has 0 fully saturated rings. The van der Waals surface area contributed by atoms with Gasteiger partial charge in [-0.15, -0.1) is 0 Å². The van der Waals surface area contributed by atoms with Crippen LogP contribution in [0.1, 0.15) is 16.2 Å². The number of aryl methyl sites for hydroxylation is 1. The Labute approximate surface area is 131 Å². The first-order valence-electron chi connectivity index (χ1n) is 6.53. The van der Waals surface area contributed by atoms with Gasteiger partial charge in [0.15, 0.2) is 0 Å². The fourth-order valence-corrected chi connectivity index (χ4v) is 2.17. The summed E-state index contributed by atoms with van der Waals surface area (Å²) in [6.07, 6.45) is 2.96. The van der Waals surface area contributed by atoms with Crippen LogP contribution in [0.3, 0.4) is 0 Å². The van der Waals surface area contributed by atoms with E-state index < -0.39 is 0 Å². The first-order valence-corrected chi connectivity index (χ1v) is 6.91. The number of nitrogens with zero attached hydrogens (tertiary/aromatic N) is 4. The molecule has 2 aromatic heterocycles. The molecule has 0 spiro atoms. The number of amides is 1. The minimum Gasteiger partial charge on any atom is -0.319 e. The van der Waals surface area contributed by atoms with Crippen molar-refractivity contribution in [2.24, 2.45) is 0 Å². The van der Waals surface area contributed by atoms with Crippen LogP contribution in [-0.4, -0.2) is 25.7 Å². The van der Waals surface area contributed by atoms with E-state index in [-0.39, 0.29) is 5.91 Å². The molecule has 0 bridgehead atoms. The van der Waals surface area contributed by atoms with Crippen molar-refractivity contribution in [1.29, 1.82) is 0 Å². The van der Waals surface area contributed by atoms with Crippen LogP contribution in [-0.2, 0) is 0 Å². The van der Waals surface area contributed by atoms with Crippen LogP contribution in [0.5, 0.6) is 0 Å². The molecule has 0 radical (unpaired) electrons.